The van der Waals surface area contributed by atoms with Gasteiger partial charge in [-0.05, 0) is 37.0 Å². The number of carbonyl (C=O) groups excluding carboxylic acids is 1. The minimum Gasteiger partial charge on any atom is -0.289 e. The maximum atomic E-state index is 13.3. The molecule has 1 heterocycles. The molecule has 0 spiro atoms. The van der Waals surface area contributed by atoms with E-state index >= 15 is 0 Å². The summed E-state index contributed by atoms with van der Waals surface area (Å²) in [5.74, 6) is -0.606. The molecular weight excluding hydrogens is 363 g/mol. The molecule has 0 saturated carbocycles. The number of benzene rings is 2. The van der Waals surface area contributed by atoms with Crippen LogP contribution in [0.15, 0.2) is 54.6 Å². The van der Waals surface area contributed by atoms with Gasteiger partial charge in [0, 0.05) is 12.0 Å². The molecule has 0 fully saturated rings. The van der Waals surface area contributed by atoms with E-state index in [2.05, 4.69) is 0 Å². The molecule has 140 valence electrons. The van der Waals surface area contributed by atoms with Crippen LogP contribution in [0.2, 0.25) is 0 Å². The fourth-order valence-corrected chi connectivity index (χ4v) is 3.99. The van der Waals surface area contributed by atoms with Crippen molar-refractivity contribution in [1.82, 2.24) is 10.5 Å². The van der Waals surface area contributed by atoms with E-state index in [9.17, 15) is 9.18 Å². The SMILES string of the molecule is O=C(CCCCCc1nc(-c2ccccc2)c(-c2ccc(F)cc2)s1)NO. The Kier molecular flexibility index (Phi) is 6.68. The lowest BCUT2D eigenvalue weighted by Crippen LogP contribution is -2.17. The molecule has 1 aromatic heterocycles. The first-order chi connectivity index (χ1) is 13.2. The van der Waals surface area contributed by atoms with E-state index in [-0.39, 0.29) is 11.7 Å². The summed E-state index contributed by atoms with van der Waals surface area (Å²) in [5, 5.41) is 9.53. The van der Waals surface area contributed by atoms with Crippen molar-refractivity contribution in [1.29, 1.82) is 0 Å². The van der Waals surface area contributed by atoms with Gasteiger partial charge >= 0.3 is 0 Å². The van der Waals surface area contributed by atoms with Crippen molar-refractivity contribution in [2.75, 3.05) is 0 Å². The Bertz CT molecular complexity index is 879. The molecule has 0 unspecified atom stereocenters. The highest BCUT2D eigenvalue weighted by Gasteiger charge is 2.15. The molecule has 0 aliphatic heterocycles. The lowest BCUT2D eigenvalue weighted by Gasteiger charge is -2.02. The number of aryl methyl sites for hydroxylation is 1. The van der Waals surface area contributed by atoms with Gasteiger partial charge in [-0.1, -0.05) is 48.9 Å². The van der Waals surface area contributed by atoms with E-state index in [1.165, 1.54) is 12.1 Å². The average Bonchev–Trinajstić information content (AvgIpc) is 3.13. The molecule has 2 aromatic carbocycles. The molecule has 0 radical (unpaired) electrons. The molecule has 0 aliphatic rings. The average molecular weight is 384 g/mol. The maximum absolute atomic E-state index is 13.3. The number of thiazole rings is 1. The van der Waals surface area contributed by atoms with Crippen LogP contribution in [-0.2, 0) is 11.2 Å². The van der Waals surface area contributed by atoms with Gasteiger partial charge in [0.1, 0.15) is 5.82 Å². The molecule has 1 amide bonds. The number of unbranched alkanes of at least 4 members (excludes halogenated alkanes) is 2. The zero-order valence-electron chi connectivity index (χ0n) is 14.8. The van der Waals surface area contributed by atoms with Gasteiger partial charge in [-0.3, -0.25) is 10.0 Å². The van der Waals surface area contributed by atoms with Crippen molar-refractivity contribution in [3.05, 3.63) is 65.4 Å². The molecule has 0 saturated heterocycles. The molecule has 0 bridgehead atoms. The zero-order chi connectivity index (χ0) is 19.1. The van der Waals surface area contributed by atoms with Crippen molar-refractivity contribution in [2.45, 2.75) is 32.1 Å². The molecule has 0 atom stereocenters. The fraction of sp³-hybridized carbons (Fsp3) is 0.238. The zero-order valence-corrected chi connectivity index (χ0v) is 15.6. The number of nitrogens with one attached hydrogen (secondary N) is 1. The van der Waals surface area contributed by atoms with Crippen molar-refractivity contribution < 1.29 is 14.4 Å². The van der Waals surface area contributed by atoms with Crippen LogP contribution in [0.5, 0.6) is 0 Å². The Hall–Kier alpha value is -2.57. The van der Waals surface area contributed by atoms with Crippen molar-refractivity contribution >= 4 is 17.2 Å². The van der Waals surface area contributed by atoms with Gasteiger partial charge in [0.25, 0.3) is 0 Å². The summed E-state index contributed by atoms with van der Waals surface area (Å²) >= 11 is 1.63. The van der Waals surface area contributed by atoms with Gasteiger partial charge in [0.2, 0.25) is 5.91 Å². The third-order valence-electron chi connectivity index (χ3n) is 4.24. The Balaban J connectivity index is 1.76. The second-order valence-corrected chi connectivity index (χ2v) is 7.34. The van der Waals surface area contributed by atoms with Gasteiger partial charge in [0.05, 0.1) is 15.6 Å². The van der Waals surface area contributed by atoms with Gasteiger partial charge in [-0.2, -0.15) is 0 Å². The summed E-state index contributed by atoms with van der Waals surface area (Å²) in [5.41, 5.74) is 4.56. The first-order valence-electron chi connectivity index (χ1n) is 8.91. The second kappa shape index (κ2) is 9.39. The summed E-state index contributed by atoms with van der Waals surface area (Å²) < 4.78 is 13.3. The fourth-order valence-electron chi connectivity index (χ4n) is 2.85. The van der Waals surface area contributed by atoms with E-state index < -0.39 is 0 Å². The van der Waals surface area contributed by atoms with Gasteiger partial charge in [-0.15, -0.1) is 11.3 Å². The van der Waals surface area contributed by atoms with E-state index in [1.807, 2.05) is 30.3 Å². The lowest BCUT2D eigenvalue weighted by atomic mass is 10.1. The van der Waals surface area contributed by atoms with Crippen LogP contribution in [0, 0.1) is 5.82 Å². The van der Waals surface area contributed by atoms with Gasteiger partial charge < -0.3 is 0 Å². The third-order valence-corrected chi connectivity index (χ3v) is 5.41. The summed E-state index contributed by atoms with van der Waals surface area (Å²) in [6.07, 6.45) is 3.69. The molecule has 3 aromatic rings. The highest BCUT2D eigenvalue weighted by Crippen LogP contribution is 2.37. The summed E-state index contributed by atoms with van der Waals surface area (Å²) in [4.78, 5) is 16.9. The predicted molar refractivity (Wildman–Crippen MR) is 105 cm³/mol. The Labute approximate surface area is 161 Å². The van der Waals surface area contributed by atoms with Crippen LogP contribution in [0.1, 0.15) is 30.7 Å². The van der Waals surface area contributed by atoms with Crippen LogP contribution in [0.25, 0.3) is 21.7 Å². The van der Waals surface area contributed by atoms with E-state index in [0.29, 0.717) is 6.42 Å². The summed E-state index contributed by atoms with van der Waals surface area (Å²) in [7, 11) is 0. The minimum atomic E-state index is -0.353. The quantitative estimate of drug-likeness (QED) is 0.318. The largest absolute Gasteiger partial charge is 0.289 e. The predicted octanol–water partition coefficient (Wildman–Crippen LogP) is 5.22. The monoisotopic (exact) mass is 384 g/mol. The first-order valence-corrected chi connectivity index (χ1v) is 9.73. The van der Waals surface area contributed by atoms with E-state index in [1.54, 1.807) is 28.9 Å². The van der Waals surface area contributed by atoms with Crippen LogP contribution < -0.4 is 5.48 Å². The number of rotatable bonds is 8. The highest BCUT2D eigenvalue weighted by molar-refractivity contribution is 7.15. The Morgan fingerprint density at radius 1 is 1.00 bits per heavy atom. The van der Waals surface area contributed by atoms with Gasteiger partial charge in [0.15, 0.2) is 0 Å². The third kappa shape index (κ3) is 5.21. The van der Waals surface area contributed by atoms with Gasteiger partial charge in [-0.25, -0.2) is 14.9 Å². The standard InChI is InChI=1S/C21H21FN2O2S/c22-17-13-11-16(12-14-17)21-20(15-7-3-1-4-8-15)23-19(27-21)10-6-2-5-9-18(25)24-26/h1,3-4,7-8,11-14,26H,2,5-6,9-10H2,(H,24,25). The van der Waals surface area contributed by atoms with Crippen LogP contribution in [0.3, 0.4) is 0 Å². The Morgan fingerprint density at radius 2 is 1.74 bits per heavy atom. The second-order valence-electron chi connectivity index (χ2n) is 6.25. The molecule has 27 heavy (non-hydrogen) atoms. The van der Waals surface area contributed by atoms with Crippen molar-refractivity contribution in [3.63, 3.8) is 0 Å². The molecule has 0 aliphatic carbocycles. The lowest BCUT2D eigenvalue weighted by molar-refractivity contribution is -0.129. The molecule has 3 rings (SSSR count). The maximum Gasteiger partial charge on any atom is 0.243 e. The summed E-state index contributed by atoms with van der Waals surface area (Å²) in [6, 6.07) is 16.5. The number of hydrogen-bond donors (Lipinski definition) is 2. The van der Waals surface area contributed by atoms with E-state index in [0.717, 1.165) is 52.4 Å². The van der Waals surface area contributed by atoms with Crippen molar-refractivity contribution in [3.8, 4) is 21.7 Å². The topological polar surface area (TPSA) is 62.2 Å². The number of hydrogen-bond acceptors (Lipinski definition) is 4. The molecule has 2 N–H and O–H groups in total. The van der Waals surface area contributed by atoms with E-state index in [4.69, 9.17) is 10.2 Å². The van der Waals surface area contributed by atoms with Crippen LogP contribution in [0.4, 0.5) is 4.39 Å². The first kappa shape index (κ1) is 19.2. The molecule has 4 nitrogen and oxygen atoms in total. The number of nitrogens with zero attached hydrogens (tertiary/aromatic N) is 1. The van der Waals surface area contributed by atoms with Crippen LogP contribution in [-0.4, -0.2) is 16.1 Å². The number of amides is 1. The summed E-state index contributed by atoms with van der Waals surface area (Å²) in [6.45, 7) is 0. The van der Waals surface area contributed by atoms with Crippen LogP contribution >= 0.6 is 11.3 Å². The Morgan fingerprint density at radius 3 is 2.44 bits per heavy atom. The number of hydroxylamine groups is 1. The number of aromatic nitrogens is 1. The minimum absolute atomic E-state index is 0.253. The van der Waals surface area contributed by atoms with Crippen molar-refractivity contribution in [2.24, 2.45) is 0 Å². The normalized spacial score (nSPS) is 10.7. The smallest absolute Gasteiger partial charge is 0.243 e. The number of carbonyl (C=O) groups is 1. The molecular formula is C21H21FN2O2S. The molecule has 6 heteroatoms. The number of halogens is 1. The highest BCUT2D eigenvalue weighted by atomic mass is 32.1.